The second kappa shape index (κ2) is 8.24. The highest BCUT2D eigenvalue weighted by molar-refractivity contribution is 5.95. The van der Waals surface area contributed by atoms with Crippen molar-refractivity contribution in [2.45, 2.75) is 19.9 Å². The van der Waals surface area contributed by atoms with Crippen molar-refractivity contribution in [3.63, 3.8) is 0 Å². The Morgan fingerprint density at radius 3 is 2.94 bits per heavy atom. The number of carbonyl (C=O) groups excluding carboxylic acids is 1. The molecular weight excluding hydrogens is 442 g/mol. The average Bonchev–Trinajstić information content (AvgIpc) is 3.46. The van der Waals surface area contributed by atoms with Crippen LogP contribution in [0.25, 0.3) is 27.7 Å². The van der Waals surface area contributed by atoms with Crippen LogP contribution >= 0.6 is 0 Å². The summed E-state index contributed by atoms with van der Waals surface area (Å²) in [5, 5.41) is 12.3. The molecule has 0 saturated heterocycles. The molecule has 0 spiro atoms. The van der Waals surface area contributed by atoms with E-state index in [0.29, 0.717) is 24.0 Å². The molecule has 6 rings (SSSR count). The molecule has 10 nitrogen and oxygen atoms in total. The molecule has 1 aromatic carbocycles. The first kappa shape index (κ1) is 20.8. The third kappa shape index (κ3) is 3.84. The summed E-state index contributed by atoms with van der Waals surface area (Å²) in [4.78, 5) is 25.2. The Balaban J connectivity index is 1.36. The van der Waals surface area contributed by atoms with E-state index in [-0.39, 0.29) is 12.5 Å². The zero-order valence-corrected chi connectivity index (χ0v) is 19.1. The largest absolute Gasteiger partial charge is 0.383 e. The lowest BCUT2D eigenvalue weighted by atomic mass is 10.0. The van der Waals surface area contributed by atoms with Gasteiger partial charge in [0.05, 0.1) is 17.7 Å². The van der Waals surface area contributed by atoms with E-state index in [9.17, 15) is 4.79 Å². The van der Waals surface area contributed by atoms with Crippen LogP contribution in [0.15, 0.2) is 61.3 Å². The number of rotatable bonds is 4. The maximum Gasteiger partial charge on any atom is 0.241 e. The molecule has 0 fully saturated rings. The number of nitrogens with zero attached hydrogens (tertiary/aromatic N) is 6. The molecule has 10 heteroatoms. The van der Waals surface area contributed by atoms with E-state index in [1.54, 1.807) is 23.4 Å². The molecule has 0 atom stereocenters. The summed E-state index contributed by atoms with van der Waals surface area (Å²) in [7, 11) is 0. The van der Waals surface area contributed by atoms with Gasteiger partial charge in [0, 0.05) is 54.3 Å². The Hall–Kier alpha value is -4.73. The van der Waals surface area contributed by atoms with Gasteiger partial charge in [-0.05, 0) is 36.1 Å². The monoisotopic (exact) mass is 465 g/mol. The molecule has 0 radical (unpaired) electrons. The quantitative estimate of drug-likeness (QED) is 0.372. The molecule has 174 valence electrons. The second-order valence-corrected chi connectivity index (χ2v) is 8.51. The van der Waals surface area contributed by atoms with E-state index in [1.807, 2.05) is 47.2 Å². The van der Waals surface area contributed by atoms with Crippen LogP contribution in [0.2, 0.25) is 0 Å². The number of nitrogens with two attached hydrogens (primary N) is 1. The lowest BCUT2D eigenvalue weighted by Gasteiger charge is -2.13. The zero-order valence-electron chi connectivity index (χ0n) is 19.1. The number of anilines is 3. The Morgan fingerprint density at radius 2 is 2.09 bits per heavy atom. The van der Waals surface area contributed by atoms with E-state index < -0.39 is 0 Å². The van der Waals surface area contributed by atoms with Crippen LogP contribution in [0.3, 0.4) is 0 Å². The Morgan fingerprint density at radius 1 is 1.17 bits per heavy atom. The Kier molecular flexibility index (Phi) is 4.91. The maximum atomic E-state index is 11.8. The normalized spacial score (nSPS) is 13.3. The van der Waals surface area contributed by atoms with Crippen LogP contribution in [-0.2, 0) is 17.8 Å². The SMILES string of the molecule is Cc1c(-c2cc3cc(Nc4cc5n(n4)CC(=O)NCC5)ncc3c(N)n2)cccc1-n1ccnc1. The fraction of sp³-hybridized carbons (Fsp3) is 0.160. The highest BCUT2D eigenvalue weighted by Crippen LogP contribution is 2.31. The van der Waals surface area contributed by atoms with Crippen molar-refractivity contribution >= 4 is 34.1 Å². The van der Waals surface area contributed by atoms with Crippen molar-refractivity contribution in [2.75, 3.05) is 17.6 Å². The second-order valence-electron chi connectivity index (χ2n) is 8.51. The van der Waals surface area contributed by atoms with Gasteiger partial charge in [-0.1, -0.05) is 12.1 Å². The highest BCUT2D eigenvalue weighted by atomic mass is 16.2. The number of hydrogen-bond acceptors (Lipinski definition) is 7. The predicted octanol–water partition coefficient (Wildman–Crippen LogP) is 2.99. The number of hydrogen-bond donors (Lipinski definition) is 3. The molecule has 4 aromatic heterocycles. The lowest BCUT2D eigenvalue weighted by Crippen LogP contribution is -2.25. The first-order chi connectivity index (χ1) is 17.0. The molecule has 5 aromatic rings. The van der Waals surface area contributed by atoms with Gasteiger partial charge < -0.3 is 20.9 Å². The summed E-state index contributed by atoms with van der Waals surface area (Å²) in [6.07, 6.45) is 7.90. The number of nitrogens with one attached hydrogen (secondary N) is 2. The summed E-state index contributed by atoms with van der Waals surface area (Å²) in [5.74, 6) is 1.66. The van der Waals surface area contributed by atoms with Gasteiger partial charge in [-0.3, -0.25) is 9.48 Å². The minimum atomic E-state index is -0.0369. The Labute approximate surface area is 200 Å². The molecule has 5 heterocycles. The highest BCUT2D eigenvalue weighted by Gasteiger charge is 2.16. The smallest absolute Gasteiger partial charge is 0.241 e. The number of benzene rings is 1. The van der Waals surface area contributed by atoms with Crippen LogP contribution in [-0.4, -0.2) is 41.8 Å². The van der Waals surface area contributed by atoms with Crippen LogP contribution in [0, 0.1) is 6.92 Å². The summed E-state index contributed by atoms with van der Waals surface area (Å²) in [6.45, 7) is 2.88. The number of amides is 1. The van der Waals surface area contributed by atoms with Gasteiger partial charge in [0.15, 0.2) is 5.82 Å². The molecular formula is C25H23N9O. The van der Waals surface area contributed by atoms with E-state index in [0.717, 1.165) is 45.4 Å². The van der Waals surface area contributed by atoms with Crippen molar-refractivity contribution in [3.05, 3.63) is 72.6 Å². The average molecular weight is 466 g/mol. The van der Waals surface area contributed by atoms with E-state index in [4.69, 9.17) is 5.73 Å². The van der Waals surface area contributed by atoms with Crippen LogP contribution in [0.1, 0.15) is 11.3 Å². The third-order valence-corrected chi connectivity index (χ3v) is 6.22. The number of nitrogen functional groups attached to an aromatic ring is 1. The van der Waals surface area contributed by atoms with E-state index in [2.05, 4.69) is 37.6 Å². The molecule has 1 aliphatic rings. The van der Waals surface area contributed by atoms with Gasteiger partial charge in [-0.25, -0.2) is 15.0 Å². The van der Waals surface area contributed by atoms with Gasteiger partial charge in [0.2, 0.25) is 5.91 Å². The van der Waals surface area contributed by atoms with Gasteiger partial charge in [0.25, 0.3) is 0 Å². The number of imidazole rings is 1. The molecule has 0 unspecified atom stereocenters. The van der Waals surface area contributed by atoms with Crippen LogP contribution in [0.4, 0.5) is 17.5 Å². The fourth-order valence-corrected chi connectivity index (χ4v) is 4.47. The zero-order chi connectivity index (χ0) is 23.9. The molecule has 4 N–H and O–H groups in total. The minimum Gasteiger partial charge on any atom is -0.383 e. The standard InChI is InChI=1S/C25H23N9O/c1-15-18(3-2-4-21(15)33-8-7-27-14-33)20-9-16-10-22(29-12-19(16)25(26)30-20)31-23-11-17-5-6-28-24(35)13-34(17)32-23/h2-4,7-12,14H,5-6,13H2,1H3,(H2,26,30)(H,28,35)(H,29,31,32). The van der Waals surface area contributed by atoms with Gasteiger partial charge >= 0.3 is 0 Å². The molecule has 0 aliphatic carbocycles. The number of carbonyl (C=O) groups is 1. The van der Waals surface area contributed by atoms with Crippen molar-refractivity contribution in [1.82, 2.24) is 34.6 Å². The molecule has 1 amide bonds. The molecule has 35 heavy (non-hydrogen) atoms. The first-order valence-electron chi connectivity index (χ1n) is 11.3. The van der Waals surface area contributed by atoms with Crippen LogP contribution < -0.4 is 16.4 Å². The van der Waals surface area contributed by atoms with Crippen molar-refractivity contribution in [1.29, 1.82) is 0 Å². The van der Waals surface area contributed by atoms with Gasteiger partial charge in [-0.2, -0.15) is 5.10 Å². The number of pyridine rings is 2. The van der Waals surface area contributed by atoms with E-state index in [1.165, 1.54) is 0 Å². The summed E-state index contributed by atoms with van der Waals surface area (Å²) >= 11 is 0. The topological polar surface area (TPSA) is 129 Å². The molecule has 1 aliphatic heterocycles. The summed E-state index contributed by atoms with van der Waals surface area (Å²) in [6, 6.07) is 12.0. The predicted molar refractivity (Wildman–Crippen MR) is 133 cm³/mol. The van der Waals surface area contributed by atoms with Gasteiger partial charge in [-0.15, -0.1) is 0 Å². The van der Waals surface area contributed by atoms with E-state index >= 15 is 0 Å². The molecule has 0 bridgehead atoms. The van der Waals surface area contributed by atoms with Gasteiger partial charge in [0.1, 0.15) is 18.2 Å². The first-order valence-corrected chi connectivity index (χ1v) is 11.3. The summed E-state index contributed by atoms with van der Waals surface area (Å²) < 4.78 is 3.70. The van der Waals surface area contributed by atoms with Crippen molar-refractivity contribution in [3.8, 4) is 16.9 Å². The third-order valence-electron chi connectivity index (χ3n) is 6.22. The number of fused-ring (bicyclic) bond motifs is 2. The Bertz CT molecular complexity index is 1570. The minimum absolute atomic E-state index is 0.0369. The fourth-order valence-electron chi connectivity index (χ4n) is 4.47. The lowest BCUT2D eigenvalue weighted by molar-refractivity contribution is -0.121. The maximum absolute atomic E-state index is 11.8. The molecule has 0 saturated carbocycles. The van der Waals surface area contributed by atoms with Crippen molar-refractivity contribution < 1.29 is 4.79 Å². The van der Waals surface area contributed by atoms with Crippen molar-refractivity contribution in [2.24, 2.45) is 0 Å². The van der Waals surface area contributed by atoms with Crippen LogP contribution in [0.5, 0.6) is 0 Å². The summed E-state index contributed by atoms with van der Waals surface area (Å²) in [5.41, 5.74) is 11.2. The number of aromatic nitrogens is 6.